The molecule has 7 nitrogen and oxygen atoms in total. The molecule has 0 aliphatic carbocycles. The van der Waals surface area contributed by atoms with Crippen molar-refractivity contribution in [2.75, 3.05) is 6.54 Å². The van der Waals surface area contributed by atoms with Crippen LogP contribution in [0.25, 0.3) is 0 Å². The third kappa shape index (κ3) is 4.13. The van der Waals surface area contributed by atoms with Gasteiger partial charge in [-0.05, 0) is 17.8 Å². The SMILES string of the molecule is CC(OC(=O)CN1C(=O)C(C(C)(C)C)C(C(C)(C)C)C1=O)C(=O)O. The summed E-state index contributed by atoms with van der Waals surface area (Å²) in [6.07, 6.45) is -1.33. The minimum Gasteiger partial charge on any atom is -0.479 e. The third-order valence-electron chi connectivity index (χ3n) is 4.21. The van der Waals surface area contributed by atoms with Gasteiger partial charge in [0.05, 0.1) is 11.8 Å². The molecule has 0 aromatic carbocycles. The van der Waals surface area contributed by atoms with E-state index in [9.17, 15) is 19.2 Å². The monoisotopic (exact) mass is 341 g/mol. The van der Waals surface area contributed by atoms with Crippen LogP contribution >= 0.6 is 0 Å². The minimum atomic E-state index is -1.33. The maximum Gasteiger partial charge on any atom is 0.344 e. The number of ether oxygens (including phenoxy) is 1. The summed E-state index contributed by atoms with van der Waals surface area (Å²) in [6, 6.07) is 0. The quantitative estimate of drug-likeness (QED) is 0.617. The molecule has 1 fully saturated rings. The predicted octanol–water partition coefficient (Wildman–Crippen LogP) is 1.70. The number of carbonyl (C=O) groups excluding carboxylic acids is 3. The molecule has 24 heavy (non-hydrogen) atoms. The van der Waals surface area contributed by atoms with Crippen molar-refractivity contribution in [3.05, 3.63) is 0 Å². The van der Waals surface area contributed by atoms with Crippen molar-refractivity contribution in [2.45, 2.75) is 54.6 Å². The predicted molar refractivity (Wildman–Crippen MR) is 85.8 cm³/mol. The first-order valence-corrected chi connectivity index (χ1v) is 7.95. The van der Waals surface area contributed by atoms with Gasteiger partial charge in [-0.1, -0.05) is 41.5 Å². The molecule has 0 aromatic rings. The fraction of sp³-hybridized carbons (Fsp3) is 0.765. The molecule has 1 aliphatic rings. The van der Waals surface area contributed by atoms with E-state index >= 15 is 0 Å². The van der Waals surface area contributed by atoms with Crippen molar-refractivity contribution < 1.29 is 29.0 Å². The van der Waals surface area contributed by atoms with Gasteiger partial charge in [-0.25, -0.2) is 4.79 Å². The Morgan fingerprint density at radius 2 is 1.42 bits per heavy atom. The largest absolute Gasteiger partial charge is 0.479 e. The van der Waals surface area contributed by atoms with E-state index in [1.165, 1.54) is 6.92 Å². The second-order valence-electron chi connectivity index (χ2n) is 8.42. The fourth-order valence-electron chi connectivity index (χ4n) is 3.04. The van der Waals surface area contributed by atoms with Crippen molar-refractivity contribution >= 4 is 23.8 Å². The maximum absolute atomic E-state index is 12.8. The van der Waals surface area contributed by atoms with E-state index in [4.69, 9.17) is 9.84 Å². The van der Waals surface area contributed by atoms with Crippen LogP contribution in [0.4, 0.5) is 0 Å². The van der Waals surface area contributed by atoms with E-state index in [1.807, 2.05) is 41.5 Å². The summed E-state index contributed by atoms with van der Waals surface area (Å²) < 4.78 is 4.73. The molecule has 1 heterocycles. The number of hydrogen-bond donors (Lipinski definition) is 1. The van der Waals surface area contributed by atoms with Gasteiger partial charge in [0.1, 0.15) is 6.54 Å². The molecule has 7 heteroatoms. The second-order valence-corrected chi connectivity index (χ2v) is 8.42. The molecule has 0 bridgehead atoms. The summed E-state index contributed by atoms with van der Waals surface area (Å²) >= 11 is 0. The van der Waals surface area contributed by atoms with Gasteiger partial charge in [-0.3, -0.25) is 19.3 Å². The average molecular weight is 341 g/mol. The van der Waals surface area contributed by atoms with Crippen LogP contribution in [0, 0.1) is 22.7 Å². The Hall–Kier alpha value is -1.92. The highest BCUT2D eigenvalue weighted by Gasteiger charge is 2.56. The lowest BCUT2D eigenvalue weighted by molar-refractivity contribution is -0.165. The number of rotatable bonds is 4. The Morgan fingerprint density at radius 3 is 1.71 bits per heavy atom. The normalized spacial score (nSPS) is 23.4. The summed E-state index contributed by atoms with van der Waals surface area (Å²) in [7, 11) is 0. The van der Waals surface area contributed by atoms with Crippen LogP contribution in [0.5, 0.6) is 0 Å². The van der Waals surface area contributed by atoms with Crippen molar-refractivity contribution in [1.82, 2.24) is 4.90 Å². The smallest absolute Gasteiger partial charge is 0.344 e. The number of imide groups is 1. The molecule has 0 radical (unpaired) electrons. The van der Waals surface area contributed by atoms with Gasteiger partial charge in [0.2, 0.25) is 11.8 Å². The fourth-order valence-corrected chi connectivity index (χ4v) is 3.04. The van der Waals surface area contributed by atoms with Gasteiger partial charge in [0.15, 0.2) is 6.10 Å². The second kappa shape index (κ2) is 6.53. The summed E-state index contributed by atoms with van der Waals surface area (Å²) in [4.78, 5) is 49.0. The highest BCUT2D eigenvalue weighted by Crippen LogP contribution is 2.47. The van der Waals surface area contributed by atoms with Gasteiger partial charge in [0, 0.05) is 0 Å². The molecule has 0 spiro atoms. The number of nitrogens with zero attached hydrogens (tertiary/aromatic N) is 1. The van der Waals surface area contributed by atoms with E-state index < -0.39 is 59.1 Å². The first-order chi connectivity index (χ1) is 10.7. The number of aliphatic carboxylic acids is 1. The van der Waals surface area contributed by atoms with E-state index in [0.29, 0.717) is 0 Å². The number of carbonyl (C=O) groups is 4. The molecule has 2 amide bonds. The molecule has 3 unspecified atom stereocenters. The zero-order chi connectivity index (χ0) is 19.0. The Balaban J connectivity index is 3.05. The average Bonchev–Trinajstić information content (AvgIpc) is 2.62. The van der Waals surface area contributed by atoms with Crippen LogP contribution in [0.2, 0.25) is 0 Å². The number of esters is 1. The topological polar surface area (TPSA) is 101 Å². The minimum absolute atomic E-state index is 0.410. The van der Waals surface area contributed by atoms with Gasteiger partial charge in [-0.15, -0.1) is 0 Å². The lowest BCUT2D eigenvalue weighted by atomic mass is 9.65. The summed E-state index contributed by atoms with van der Waals surface area (Å²) in [5.41, 5.74) is -0.893. The molecule has 136 valence electrons. The number of amides is 2. The zero-order valence-corrected chi connectivity index (χ0v) is 15.4. The molecule has 3 atom stereocenters. The van der Waals surface area contributed by atoms with Crippen LogP contribution in [-0.4, -0.2) is 46.4 Å². The van der Waals surface area contributed by atoms with Crippen molar-refractivity contribution in [2.24, 2.45) is 22.7 Å². The van der Waals surface area contributed by atoms with Crippen LogP contribution in [0.15, 0.2) is 0 Å². The zero-order valence-electron chi connectivity index (χ0n) is 15.4. The summed E-state index contributed by atoms with van der Waals surface area (Å²) in [5, 5.41) is 8.77. The molecule has 1 N–H and O–H groups in total. The van der Waals surface area contributed by atoms with Crippen LogP contribution < -0.4 is 0 Å². The Kier molecular flexibility index (Phi) is 5.48. The Morgan fingerprint density at radius 1 is 1.04 bits per heavy atom. The molecule has 0 saturated carbocycles. The van der Waals surface area contributed by atoms with Crippen molar-refractivity contribution in [1.29, 1.82) is 0 Å². The van der Waals surface area contributed by atoms with Gasteiger partial charge < -0.3 is 9.84 Å². The van der Waals surface area contributed by atoms with Crippen LogP contribution in [-0.2, 0) is 23.9 Å². The first-order valence-electron chi connectivity index (χ1n) is 7.95. The van der Waals surface area contributed by atoms with Gasteiger partial charge in [0.25, 0.3) is 0 Å². The van der Waals surface area contributed by atoms with E-state index in [-0.39, 0.29) is 0 Å². The molecular weight excluding hydrogens is 314 g/mol. The summed E-state index contributed by atoms with van der Waals surface area (Å²) in [5.74, 6) is -4.11. The standard InChI is InChI=1S/C17H27NO6/c1-9(15(22)23)24-10(19)8-18-13(20)11(16(2,3)4)12(14(18)21)17(5,6)7/h9,11-12H,8H2,1-7H3,(H,22,23). The Labute approximate surface area is 142 Å². The molecule has 1 aliphatic heterocycles. The van der Waals surface area contributed by atoms with Crippen LogP contribution in [0.3, 0.4) is 0 Å². The third-order valence-corrected chi connectivity index (χ3v) is 4.21. The highest BCUT2D eigenvalue weighted by atomic mass is 16.6. The van der Waals surface area contributed by atoms with Crippen LogP contribution in [0.1, 0.15) is 48.5 Å². The van der Waals surface area contributed by atoms with Gasteiger partial charge >= 0.3 is 11.9 Å². The lowest BCUT2D eigenvalue weighted by Crippen LogP contribution is -2.39. The molecular formula is C17H27NO6. The number of likely N-dealkylation sites (tertiary alicyclic amines) is 1. The van der Waals surface area contributed by atoms with E-state index in [0.717, 1.165) is 4.90 Å². The Bertz CT molecular complexity index is 522. The van der Waals surface area contributed by atoms with Crippen molar-refractivity contribution in [3.63, 3.8) is 0 Å². The number of carboxylic acid groups (broad SMARTS) is 1. The van der Waals surface area contributed by atoms with E-state index in [1.54, 1.807) is 0 Å². The van der Waals surface area contributed by atoms with Crippen molar-refractivity contribution in [3.8, 4) is 0 Å². The molecule has 1 saturated heterocycles. The lowest BCUT2D eigenvalue weighted by Gasteiger charge is -2.35. The van der Waals surface area contributed by atoms with Gasteiger partial charge in [-0.2, -0.15) is 0 Å². The maximum atomic E-state index is 12.8. The first kappa shape index (κ1) is 20.1. The molecule has 1 rings (SSSR count). The summed E-state index contributed by atoms with van der Waals surface area (Å²) in [6.45, 7) is 12.0. The number of hydrogen-bond acceptors (Lipinski definition) is 5. The van der Waals surface area contributed by atoms with E-state index in [2.05, 4.69) is 0 Å². The number of carboxylic acids is 1. The molecule has 0 aromatic heterocycles. The highest BCUT2D eigenvalue weighted by molar-refractivity contribution is 6.07.